The number of fused-ring (bicyclic) bond motifs is 1. The zero-order chi connectivity index (χ0) is 27.5. The van der Waals surface area contributed by atoms with Crippen LogP contribution in [0.1, 0.15) is 25.2 Å². The van der Waals surface area contributed by atoms with Crippen LogP contribution in [0.3, 0.4) is 0 Å². The third kappa shape index (κ3) is 5.45. The predicted molar refractivity (Wildman–Crippen MR) is 153 cm³/mol. The van der Waals surface area contributed by atoms with Crippen molar-refractivity contribution >= 4 is 34.6 Å². The summed E-state index contributed by atoms with van der Waals surface area (Å²) in [6.45, 7) is 1.97. The Labute approximate surface area is 229 Å². The van der Waals surface area contributed by atoms with E-state index in [0.717, 1.165) is 10.5 Å². The Hall–Kier alpha value is -4.35. The van der Waals surface area contributed by atoms with Crippen LogP contribution >= 0.6 is 11.9 Å². The second-order valence-corrected chi connectivity index (χ2v) is 10.4. The van der Waals surface area contributed by atoms with E-state index in [1.807, 2.05) is 49.6 Å². The lowest BCUT2D eigenvalue weighted by Crippen LogP contribution is -2.29. The first-order valence-corrected chi connectivity index (χ1v) is 13.1. The molecule has 0 bridgehead atoms. The molecule has 0 saturated heterocycles. The molecular formula is C28H27FN8OS. The van der Waals surface area contributed by atoms with Gasteiger partial charge in [0, 0.05) is 34.6 Å². The highest BCUT2D eigenvalue weighted by atomic mass is 32.2. The van der Waals surface area contributed by atoms with Crippen molar-refractivity contribution in [3.8, 4) is 16.8 Å². The third-order valence-corrected chi connectivity index (χ3v) is 6.84. The zero-order valence-corrected chi connectivity index (χ0v) is 22.5. The van der Waals surface area contributed by atoms with Gasteiger partial charge in [-0.3, -0.25) is 18.7 Å². The van der Waals surface area contributed by atoms with Crippen molar-refractivity contribution < 1.29 is 4.39 Å². The third-order valence-electron chi connectivity index (χ3n) is 6.04. The first kappa shape index (κ1) is 26.3. The van der Waals surface area contributed by atoms with Crippen LogP contribution in [0.5, 0.6) is 0 Å². The fourth-order valence-corrected chi connectivity index (χ4v) is 5.03. The van der Waals surface area contributed by atoms with Gasteiger partial charge >= 0.3 is 0 Å². The molecule has 198 valence electrons. The summed E-state index contributed by atoms with van der Waals surface area (Å²) in [6, 6.07) is 15.0. The van der Waals surface area contributed by atoms with Crippen LogP contribution in [0.2, 0.25) is 0 Å². The van der Waals surface area contributed by atoms with Crippen LogP contribution in [0.4, 0.5) is 16.2 Å². The number of nitrogens with two attached hydrogens (primary N) is 1. The molecule has 5 rings (SSSR count). The summed E-state index contributed by atoms with van der Waals surface area (Å²) in [5.74, 6) is 0.370. The summed E-state index contributed by atoms with van der Waals surface area (Å²) in [5.41, 5.74) is 7.86. The minimum absolute atomic E-state index is 0.0618. The Balaban J connectivity index is 1.66. The molecule has 0 spiro atoms. The number of para-hydroxylation sites is 1. The van der Waals surface area contributed by atoms with E-state index in [0.29, 0.717) is 29.3 Å². The summed E-state index contributed by atoms with van der Waals surface area (Å²) in [7, 11) is 3.91. The summed E-state index contributed by atoms with van der Waals surface area (Å²) in [4.78, 5) is 32.5. The first-order valence-electron chi connectivity index (χ1n) is 12.3. The maximum Gasteiger partial charge on any atom is 0.269 e. The SMILES string of the molecule is CCC(Nc1nc(N)ncc1-c1cncc(SN(C)C)c1)c1nc2cccc(F)c2c(=O)n1-c1ccccc1. The van der Waals surface area contributed by atoms with Crippen molar-refractivity contribution in [1.82, 2.24) is 28.8 Å². The van der Waals surface area contributed by atoms with Gasteiger partial charge in [0.05, 0.1) is 17.2 Å². The quantitative estimate of drug-likeness (QED) is 0.259. The second-order valence-electron chi connectivity index (χ2n) is 8.99. The van der Waals surface area contributed by atoms with Crippen molar-refractivity contribution in [3.05, 3.63) is 95.2 Å². The molecule has 2 aromatic carbocycles. The number of nitrogens with one attached hydrogen (secondary N) is 1. The molecule has 0 aliphatic rings. The number of nitrogens with zero attached hydrogens (tertiary/aromatic N) is 6. The zero-order valence-electron chi connectivity index (χ0n) is 21.7. The summed E-state index contributed by atoms with van der Waals surface area (Å²) in [5, 5.41) is 3.38. The molecule has 9 nitrogen and oxygen atoms in total. The number of rotatable bonds is 8. The van der Waals surface area contributed by atoms with Crippen molar-refractivity contribution in [1.29, 1.82) is 0 Å². The molecule has 3 N–H and O–H groups in total. The standard InChI is InChI=1S/C28H27FN8OS/c1-4-22(33-25-20(16-32-28(30)35-25)17-13-19(15-31-14-17)39-36(2)3)26-34-23-12-8-11-21(29)24(23)27(38)37(26)18-9-6-5-7-10-18/h5-16,22H,4H2,1-3H3,(H3,30,32,33,35). The van der Waals surface area contributed by atoms with Crippen LogP contribution in [-0.2, 0) is 0 Å². The number of benzene rings is 2. The average molecular weight is 543 g/mol. The monoisotopic (exact) mass is 542 g/mol. The lowest BCUT2D eigenvalue weighted by molar-refractivity contribution is 0.630. The number of aromatic nitrogens is 5. The highest BCUT2D eigenvalue weighted by molar-refractivity contribution is 7.97. The van der Waals surface area contributed by atoms with Gasteiger partial charge in [0.1, 0.15) is 22.8 Å². The molecule has 0 radical (unpaired) electrons. The number of pyridine rings is 1. The summed E-state index contributed by atoms with van der Waals surface area (Å²) in [6.07, 6.45) is 5.70. The Morgan fingerprint density at radius 2 is 1.87 bits per heavy atom. The van der Waals surface area contributed by atoms with E-state index < -0.39 is 17.4 Å². The molecule has 1 atom stereocenters. The molecule has 0 saturated carbocycles. The molecule has 39 heavy (non-hydrogen) atoms. The van der Waals surface area contributed by atoms with E-state index in [4.69, 9.17) is 10.7 Å². The minimum atomic E-state index is -0.615. The fourth-order valence-electron chi connectivity index (χ4n) is 4.33. The molecule has 0 fully saturated rings. The van der Waals surface area contributed by atoms with Crippen molar-refractivity contribution in [2.45, 2.75) is 24.3 Å². The molecule has 1 unspecified atom stereocenters. The summed E-state index contributed by atoms with van der Waals surface area (Å²) >= 11 is 1.54. The van der Waals surface area contributed by atoms with Crippen LogP contribution in [-0.4, -0.2) is 42.9 Å². The normalized spacial score (nSPS) is 12.1. The van der Waals surface area contributed by atoms with Crippen molar-refractivity contribution in [2.75, 3.05) is 25.1 Å². The van der Waals surface area contributed by atoms with Crippen molar-refractivity contribution in [2.24, 2.45) is 0 Å². The number of anilines is 2. The minimum Gasteiger partial charge on any atom is -0.368 e. The van der Waals surface area contributed by atoms with Gasteiger partial charge in [-0.25, -0.2) is 14.4 Å². The molecule has 0 aliphatic heterocycles. The predicted octanol–water partition coefficient (Wildman–Crippen LogP) is 5.09. The van der Waals surface area contributed by atoms with E-state index in [2.05, 4.69) is 20.3 Å². The van der Waals surface area contributed by atoms with Crippen LogP contribution in [0.25, 0.3) is 27.7 Å². The Morgan fingerprint density at radius 3 is 2.62 bits per heavy atom. The van der Waals surface area contributed by atoms with Gasteiger partial charge in [-0.2, -0.15) is 4.98 Å². The van der Waals surface area contributed by atoms with Gasteiger partial charge in [0.15, 0.2) is 0 Å². The van der Waals surface area contributed by atoms with Gasteiger partial charge in [-0.15, -0.1) is 0 Å². The van der Waals surface area contributed by atoms with Gasteiger partial charge in [-0.1, -0.05) is 31.2 Å². The van der Waals surface area contributed by atoms with Gasteiger partial charge in [0.25, 0.3) is 5.56 Å². The molecule has 0 amide bonds. The lowest BCUT2D eigenvalue weighted by Gasteiger charge is -2.23. The van der Waals surface area contributed by atoms with Crippen LogP contribution in [0, 0.1) is 5.82 Å². The smallest absolute Gasteiger partial charge is 0.269 e. The molecular weight excluding hydrogens is 515 g/mol. The molecule has 3 aromatic heterocycles. The molecule has 5 aromatic rings. The Kier molecular flexibility index (Phi) is 7.53. The number of hydrogen-bond acceptors (Lipinski definition) is 9. The van der Waals surface area contributed by atoms with Gasteiger partial charge in [0.2, 0.25) is 5.95 Å². The number of halogens is 1. The highest BCUT2D eigenvalue weighted by Gasteiger charge is 2.23. The molecule has 0 aliphatic carbocycles. The van der Waals surface area contributed by atoms with E-state index in [-0.39, 0.29) is 16.9 Å². The van der Waals surface area contributed by atoms with Gasteiger partial charge < -0.3 is 11.1 Å². The van der Waals surface area contributed by atoms with E-state index in [9.17, 15) is 9.18 Å². The van der Waals surface area contributed by atoms with E-state index in [1.165, 1.54) is 10.6 Å². The lowest BCUT2D eigenvalue weighted by atomic mass is 10.1. The Bertz CT molecular complexity index is 1690. The topological polar surface area (TPSA) is 115 Å². The van der Waals surface area contributed by atoms with Crippen LogP contribution in [0.15, 0.2) is 82.9 Å². The second kappa shape index (κ2) is 11.2. The first-order chi connectivity index (χ1) is 18.9. The number of hydrogen-bond donors (Lipinski definition) is 2. The fraction of sp³-hybridized carbons (Fsp3) is 0.179. The van der Waals surface area contributed by atoms with Gasteiger partial charge in [-0.05, 0) is 62.8 Å². The van der Waals surface area contributed by atoms with E-state index in [1.54, 1.807) is 54.8 Å². The molecule has 3 heterocycles. The van der Waals surface area contributed by atoms with E-state index >= 15 is 0 Å². The average Bonchev–Trinajstić information content (AvgIpc) is 2.92. The largest absolute Gasteiger partial charge is 0.368 e. The van der Waals surface area contributed by atoms with Crippen molar-refractivity contribution in [3.63, 3.8) is 0 Å². The molecule has 11 heteroatoms. The highest BCUT2D eigenvalue weighted by Crippen LogP contribution is 2.32. The maximum atomic E-state index is 14.8. The Morgan fingerprint density at radius 1 is 1.08 bits per heavy atom. The summed E-state index contributed by atoms with van der Waals surface area (Å²) < 4.78 is 18.2. The number of nitrogen functional groups attached to an aromatic ring is 1. The maximum absolute atomic E-state index is 14.8. The van der Waals surface area contributed by atoms with Crippen LogP contribution < -0.4 is 16.6 Å².